The molecule has 0 fully saturated rings. The van der Waals surface area contributed by atoms with Crippen LogP contribution in [0.3, 0.4) is 0 Å². The predicted molar refractivity (Wildman–Crippen MR) is 122 cm³/mol. The molecule has 31 heavy (non-hydrogen) atoms. The Morgan fingerprint density at radius 3 is 2.39 bits per heavy atom. The zero-order chi connectivity index (χ0) is 22.8. The molecule has 0 aliphatic heterocycles. The summed E-state index contributed by atoms with van der Waals surface area (Å²) < 4.78 is 42.0. The first-order chi connectivity index (χ1) is 14.5. The molecule has 0 aliphatic carbocycles. The van der Waals surface area contributed by atoms with E-state index in [1.165, 1.54) is 31.3 Å². The summed E-state index contributed by atoms with van der Waals surface area (Å²) in [7, 11) is -3.90. The van der Waals surface area contributed by atoms with Crippen LogP contribution in [0, 0.1) is 11.2 Å². The van der Waals surface area contributed by atoms with Gasteiger partial charge < -0.3 is 10.7 Å². The molecule has 0 radical (unpaired) electrons. The Morgan fingerprint density at radius 2 is 1.77 bits per heavy atom. The lowest BCUT2D eigenvalue weighted by molar-refractivity contribution is 0.583. The van der Waals surface area contributed by atoms with E-state index in [1.807, 2.05) is 0 Å². The highest BCUT2D eigenvalue weighted by atomic mass is 32.2. The van der Waals surface area contributed by atoms with Crippen LogP contribution in [0.1, 0.15) is 33.3 Å². The number of anilines is 1. The normalized spacial score (nSPS) is 12.6. The van der Waals surface area contributed by atoms with E-state index in [0.717, 1.165) is 5.56 Å². The number of nitrogens with one attached hydrogen (secondary N) is 3. The van der Waals surface area contributed by atoms with Crippen molar-refractivity contribution >= 4 is 32.3 Å². The fourth-order valence-electron chi connectivity index (χ4n) is 3.02. The van der Waals surface area contributed by atoms with E-state index in [9.17, 15) is 12.8 Å². The number of halogens is 1. The molecule has 0 atom stereocenters. The number of fused-ring (bicyclic) bond motifs is 1. The number of pyridine rings is 1. The van der Waals surface area contributed by atoms with Crippen molar-refractivity contribution in [1.82, 2.24) is 9.71 Å². The molecule has 0 saturated carbocycles. The van der Waals surface area contributed by atoms with E-state index in [4.69, 9.17) is 5.41 Å². The summed E-state index contributed by atoms with van der Waals surface area (Å²) in [4.78, 5) is 4.25. The van der Waals surface area contributed by atoms with Crippen LogP contribution in [0.15, 0.2) is 71.5 Å². The van der Waals surface area contributed by atoms with Crippen molar-refractivity contribution in [2.75, 3.05) is 5.32 Å². The third-order valence-corrected chi connectivity index (χ3v) is 5.99. The van der Waals surface area contributed by atoms with Crippen LogP contribution in [-0.4, -0.2) is 19.1 Å². The first kappa shape index (κ1) is 22.4. The van der Waals surface area contributed by atoms with Gasteiger partial charge in [-0.25, -0.2) is 12.8 Å². The van der Waals surface area contributed by atoms with E-state index >= 15 is 0 Å². The predicted octanol–water partition coefficient (Wildman–Crippen LogP) is 4.94. The summed E-state index contributed by atoms with van der Waals surface area (Å²) in [5.74, 6) is -0.313. The number of rotatable bonds is 6. The average Bonchev–Trinajstić information content (AvgIpc) is 2.66. The number of allylic oxidation sites excluding steroid dienone is 1. The van der Waals surface area contributed by atoms with Crippen molar-refractivity contribution in [3.05, 3.63) is 78.0 Å². The van der Waals surface area contributed by atoms with Crippen LogP contribution in [0.2, 0.25) is 0 Å². The maximum Gasteiger partial charge on any atom is 0.262 e. The van der Waals surface area contributed by atoms with Crippen LogP contribution in [0.5, 0.6) is 0 Å². The molecule has 3 aromatic rings. The molecule has 8 heteroatoms. The summed E-state index contributed by atoms with van der Waals surface area (Å²) in [5, 5.41) is 11.4. The van der Waals surface area contributed by atoms with Gasteiger partial charge in [0.1, 0.15) is 11.6 Å². The lowest BCUT2D eigenvalue weighted by Crippen LogP contribution is -2.28. The van der Waals surface area contributed by atoms with Gasteiger partial charge in [-0.15, -0.1) is 0 Å². The van der Waals surface area contributed by atoms with Crippen LogP contribution in [0.25, 0.3) is 10.9 Å². The molecule has 3 N–H and O–H groups in total. The highest BCUT2D eigenvalue weighted by Gasteiger charge is 2.19. The largest absolute Gasteiger partial charge is 0.341 e. The Morgan fingerprint density at radius 1 is 1.10 bits per heavy atom. The second kappa shape index (κ2) is 8.47. The molecule has 0 aliphatic rings. The maximum absolute atomic E-state index is 13.5. The fraction of sp³-hybridized carbons (Fsp3) is 0.217. The van der Waals surface area contributed by atoms with Crippen molar-refractivity contribution in [2.45, 2.75) is 38.0 Å². The summed E-state index contributed by atoms with van der Waals surface area (Å²) in [6.45, 7) is 7.69. The fourth-order valence-corrected chi connectivity index (χ4v) is 4.03. The molecule has 1 aromatic heterocycles. The zero-order valence-electron chi connectivity index (χ0n) is 17.8. The highest BCUT2D eigenvalue weighted by Crippen LogP contribution is 2.25. The molecule has 0 bridgehead atoms. The van der Waals surface area contributed by atoms with Crippen molar-refractivity contribution < 1.29 is 12.8 Å². The molecule has 0 spiro atoms. The Hall–Kier alpha value is -3.26. The van der Waals surface area contributed by atoms with E-state index in [1.54, 1.807) is 36.4 Å². The molecule has 1 heterocycles. The molecule has 0 unspecified atom stereocenters. The molecule has 2 aromatic carbocycles. The minimum atomic E-state index is -3.90. The molecule has 162 valence electrons. The van der Waals surface area contributed by atoms with Crippen molar-refractivity contribution in [1.29, 1.82) is 5.41 Å². The van der Waals surface area contributed by atoms with Crippen molar-refractivity contribution in [3.63, 3.8) is 0 Å². The Bertz CT molecular complexity index is 1260. The lowest BCUT2D eigenvalue weighted by atomic mass is 9.87. The molecule has 3 rings (SSSR count). The van der Waals surface area contributed by atoms with Crippen molar-refractivity contribution in [3.8, 4) is 0 Å². The SMILES string of the molecule is CC(=N)/C=C(\Nc1ccnc2cc(F)ccc12)NS(=O)(=O)c1ccc(C(C)(C)C)cc1. The number of hydrogen-bond donors (Lipinski definition) is 3. The van der Waals surface area contributed by atoms with Gasteiger partial charge in [-0.1, -0.05) is 32.9 Å². The molecule has 6 nitrogen and oxygen atoms in total. The summed E-state index contributed by atoms with van der Waals surface area (Å²) >= 11 is 0. The summed E-state index contributed by atoms with van der Waals surface area (Å²) in [5.41, 5.74) is 2.03. The number of benzene rings is 2. The second-order valence-electron chi connectivity index (χ2n) is 8.27. The van der Waals surface area contributed by atoms with Gasteiger partial charge in [-0.2, -0.15) is 0 Å². The average molecular weight is 441 g/mol. The zero-order valence-corrected chi connectivity index (χ0v) is 18.6. The van der Waals surface area contributed by atoms with Gasteiger partial charge >= 0.3 is 0 Å². The van der Waals surface area contributed by atoms with Crippen LogP contribution in [0.4, 0.5) is 10.1 Å². The minimum Gasteiger partial charge on any atom is -0.341 e. The monoisotopic (exact) mass is 440 g/mol. The third kappa shape index (κ3) is 5.46. The Labute approximate surface area is 181 Å². The number of nitrogens with zero attached hydrogens (tertiary/aromatic N) is 1. The number of sulfonamides is 1. The lowest BCUT2D eigenvalue weighted by Gasteiger charge is -2.19. The van der Waals surface area contributed by atoms with Crippen LogP contribution >= 0.6 is 0 Å². The van der Waals surface area contributed by atoms with Gasteiger partial charge in [0.25, 0.3) is 10.0 Å². The first-order valence-corrected chi connectivity index (χ1v) is 11.2. The van der Waals surface area contributed by atoms with Crippen LogP contribution < -0.4 is 10.0 Å². The molecule has 0 amide bonds. The highest BCUT2D eigenvalue weighted by molar-refractivity contribution is 7.89. The van der Waals surface area contributed by atoms with Gasteiger partial charge in [0.05, 0.1) is 16.1 Å². The van der Waals surface area contributed by atoms with Crippen molar-refractivity contribution in [2.24, 2.45) is 0 Å². The van der Waals surface area contributed by atoms with Gasteiger partial charge in [0.15, 0.2) is 0 Å². The summed E-state index contributed by atoms with van der Waals surface area (Å²) in [6, 6.07) is 12.5. The van der Waals surface area contributed by atoms with E-state index in [2.05, 4.69) is 35.8 Å². The molecular weight excluding hydrogens is 415 g/mol. The van der Waals surface area contributed by atoms with E-state index in [0.29, 0.717) is 16.6 Å². The summed E-state index contributed by atoms with van der Waals surface area (Å²) in [6.07, 6.45) is 2.87. The Balaban J connectivity index is 1.93. The minimum absolute atomic E-state index is 0.0957. The van der Waals surface area contributed by atoms with E-state index in [-0.39, 0.29) is 21.8 Å². The third-order valence-electron chi connectivity index (χ3n) is 4.61. The molecular formula is C23H25FN4O2S. The van der Waals surface area contributed by atoms with Crippen LogP contribution in [-0.2, 0) is 15.4 Å². The quantitative estimate of drug-likeness (QED) is 0.473. The van der Waals surface area contributed by atoms with Gasteiger partial charge in [0, 0.05) is 23.4 Å². The smallest absolute Gasteiger partial charge is 0.262 e. The standard InChI is InChI=1S/C23H25FN4O2S/c1-15(25)13-22(27-20-11-12-26-21-14-17(24)7-10-19(20)21)28-31(29,30)18-8-5-16(6-9-18)23(2,3)4/h5-14,25,28H,1-4H3,(H,26,27)/b22-13+,25-15?. The van der Waals surface area contributed by atoms with Gasteiger partial charge in [0.2, 0.25) is 0 Å². The number of hydrogen-bond acceptors (Lipinski definition) is 5. The molecule has 0 saturated heterocycles. The van der Waals surface area contributed by atoms with Gasteiger partial charge in [-0.3, -0.25) is 9.71 Å². The maximum atomic E-state index is 13.5. The first-order valence-electron chi connectivity index (χ1n) is 9.67. The van der Waals surface area contributed by atoms with E-state index < -0.39 is 15.8 Å². The number of aromatic nitrogens is 1. The van der Waals surface area contributed by atoms with Gasteiger partial charge in [-0.05, 0) is 54.3 Å². The second-order valence-corrected chi connectivity index (χ2v) is 9.95. The Kier molecular flexibility index (Phi) is 6.13. The topological polar surface area (TPSA) is 94.9 Å².